The fourth-order valence-electron chi connectivity index (χ4n) is 2.16. The Morgan fingerprint density at radius 3 is 3.14 bits per heavy atom. The van der Waals surface area contributed by atoms with Gasteiger partial charge in [0.1, 0.15) is 5.82 Å². The second-order valence-electron chi connectivity index (χ2n) is 4.75. The molecule has 1 heterocycles. The van der Waals surface area contributed by atoms with E-state index in [1.165, 1.54) is 12.1 Å². The molecule has 6 heteroatoms. The van der Waals surface area contributed by atoms with Crippen LogP contribution in [0.25, 0.3) is 6.08 Å². The molecule has 1 aliphatic heterocycles. The van der Waals surface area contributed by atoms with E-state index < -0.39 is 17.9 Å². The highest BCUT2D eigenvalue weighted by Crippen LogP contribution is 2.16. The van der Waals surface area contributed by atoms with E-state index in [1.807, 2.05) is 0 Å². The molecule has 0 amide bonds. The van der Waals surface area contributed by atoms with E-state index in [4.69, 9.17) is 15.1 Å². The van der Waals surface area contributed by atoms with Gasteiger partial charge in [0.15, 0.2) is 6.10 Å². The fraction of sp³-hybridized carbons (Fsp3) is 0.333. The van der Waals surface area contributed by atoms with Gasteiger partial charge in [-0.05, 0) is 23.8 Å². The van der Waals surface area contributed by atoms with Crippen LogP contribution in [0.2, 0.25) is 0 Å². The quantitative estimate of drug-likeness (QED) is 0.853. The number of aliphatic carboxylic acids is 1. The molecular weight excluding hydrogens is 275 g/mol. The van der Waals surface area contributed by atoms with Crippen molar-refractivity contribution in [2.24, 2.45) is 0 Å². The van der Waals surface area contributed by atoms with Crippen LogP contribution < -0.4 is 0 Å². The van der Waals surface area contributed by atoms with E-state index in [2.05, 4.69) is 11.0 Å². The standard InChI is InChI=1S/C15H15FN2O3/c16-14-3-1-11(7-12(14)2-4-15(19)20)9-18-5-6-21-13(8-17)10-18/h1-4,7,13H,5-6,9-10H2,(H,19,20). The van der Waals surface area contributed by atoms with Crippen molar-refractivity contribution < 1.29 is 19.0 Å². The van der Waals surface area contributed by atoms with Gasteiger partial charge in [-0.25, -0.2) is 9.18 Å². The number of benzene rings is 1. The first-order valence-corrected chi connectivity index (χ1v) is 6.51. The maximum absolute atomic E-state index is 13.6. The van der Waals surface area contributed by atoms with Crippen LogP contribution >= 0.6 is 0 Å². The summed E-state index contributed by atoms with van der Waals surface area (Å²) in [5.74, 6) is -1.59. The Hall–Kier alpha value is -2.23. The maximum atomic E-state index is 13.6. The summed E-state index contributed by atoms with van der Waals surface area (Å²) in [6.07, 6.45) is 1.70. The lowest BCUT2D eigenvalue weighted by Crippen LogP contribution is -2.41. The second kappa shape index (κ2) is 6.97. The molecule has 110 valence electrons. The fourth-order valence-corrected chi connectivity index (χ4v) is 2.16. The van der Waals surface area contributed by atoms with Crippen LogP contribution in [0.4, 0.5) is 4.39 Å². The minimum Gasteiger partial charge on any atom is -0.478 e. The number of ether oxygens (including phenoxy) is 1. The molecule has 1 saturated heterocycles. The number of rotatable bonds is 4. The topological polar surface area (TPSA) is 73.6 Å². The van der Waals surface area contributed by atoms with Gasteiger partial charge in [-0.15, -0.1) is 0 Å². The summed E-state index contributed by atoms with van der Waals surface area (Å²) in [7, 11) is 0. The van der Waals surface area contributed by atoms with Gasteiger partial charge >= 0.3 is 5.97 Å². The van der Waals surface area contributed by atoms with Crippen molar-refractivity contribution in [3.05, 3.63) is 41.2 Å². The average Bonchev–Trinajstić information content (AvgIpc) is 2.48. The Labute approximate surface area is 121 Å². The van der Waals surface area contributed by atoms with Gasteiger partial charge < -0.3 is 9.84 Å². The van der Waals surface area contributed by atoms with E-state index in [0.29, 0.717) is 26.2 Å². The molecule has 5 nitrogen and oxygen atoms in total. The molecule has 0 aliphatic carbocycles. The molecule has 0 saturated carbocycles. The van der Waals surface area contributed by atoms with Crippen molar-refractivity contribution >= 4 is 12.0 Å². The molecule has 1 N–H and O–H groups in total. The number of morpholine rings is 1. The zero-order valence-electron chi connectivity index (χ0n) is 11.3. The number of carboxylic acid groups (broad SMARTS) is 1. The van der Waals surface area contributed by atoms with Crippen molar-refractivity contribution in [1.82, 2.24) is 4.90 Å². The molecule has 21 heavy (non-hydrogen) atoms. The van der Waals surface area contributed by atoms with E-state index in [0.717, 1.165) is 11.6 Å². The number of hydrogen-bond donors (Lipinski definition) is 1. The van der Waals surface area contributed by atoms with Crippen LogP contribution in [0.15, 0.2) is 24.3 Å². The Bertz CT molecular complexity index is 595. The molecule has 2 rings (SSSR count). The van der Waals surface area contributed by atoms with Gasteiger partial charge in [0, 0.05) is 31.3 Å². The van der Waals surface area contributed by atoms with Crippen LogP contribution in [-0.2, 0) is 16.1 Å². The number of carbonyl (C=O) groups is 1. The average molecular weight is 290 g/mol. The molecule has 0 bridgehead atoms. The van der Waals surface area contributed by atoms with Crippen LogP contribution in [-0.4, -0.2) is 41.8 Å². The summed E-state index contributed by atoms with van der Waals surface area (Å²) in [5.41, 5.74) is 1.10. The largest absolute Gasteiger partial charge is 0.478 e. The second-order valence-corrected chi connectivity index (χ2v) is 4.75. The van der Waals surface area contributed by atoms with Gasteiger partial charge in [-0.3, -0.25) is 4.90 Å². The molecule has 1 atom stereocenters. The maximum Gasteiger partial charge on any atom is 0.328 e. The lowest BCUT2D eigenvalue weighted by Gasteiger charge is -2.29. The van der Waals surface area contributed by atoms with Gasteiger partial charge in [0.25, 0.3) is 0 Å². The van der Waals surface area contributed by atoms with Gasteiger partial charge in [-0.1, -0.05) is 6.07 Å². The molecule has 1 fully saturated rings. The monoisotopic (exact) mass is 290 g/mol. The first-order chi connectivity index (χ1) is 10.1. The Morgan fingerprint density at radius 2 is 2.43 bits per heavy atom. The van der Waals surface area contributed by atoms with Gasteiger partial charge in [-0.2, -0.15) is 5.26 Å². The molecular formula is C15H15FN2O3. The number of nitrogens with zero attached hydrogens (tertiary/aromatic N) is 2. The smallest absolute Gasteiger partial charge is 0.328 e. The van der Waals surface area contributed by atoms with E-state index in [9.17, 15) is 9.18 Å². The third-order valence-corrected chi connectivity index (χ3v) is 3.17. The van der Waals surface area contributed by atoms with E-state index in [1.54, 1.807) is 12.1 Å². The van der Waals surface area contributed by atoms with Crippen LogP contribution in [0.3, 0.4) is 0 Å². The number of hydrogen-bond acceptors (Lipinski definition) is 4. The molecule has 1 unspecified atom stereocenters. The predicted molar refractivity (Wildman–Crippen MR) is 73.7 cm³/mol. The van der Waals surface area contributed by atoms with Gasteiger partial charge in [0.05, 0.1) is 12.7 Å². The van der Waals surface area contributed by atoms with Crippen molar-refractivity contribution in [2.75, 3.05) is 19.7 Å². The Kier molecular flexibility index (Phi) is 5.04. The number of halogens is 1. The molecule has 0 spiro atoms. The lowest BCUT2D eigenvalue weighted by molar-refractivity contribution is -0.131. The summed E-state index contributed by atoms with van der Waals surface area (Å²) in [4.78, 5) is 12.5. The van der Waals surface area contributed by atoms with E-state index in [-0.39, 0.29) is 5.56 Å². The van der Waals surface area contributed by atoms with Crippen LogP contribution in [0, 0.1) is 17.1 Å². The SMILES string of the molecule is N#CC1CN(Cc2ccc(F)c(C=CC(=O)O)c2)CCO1. The highest BCUT2D eigenvalue weighted by Gasteiger charge is 2.19. The van der Waals surface area contributed by atoms with Crippen molar-refractivity contribution in [3.63, 3.8) is 0 Å². The first kappa shape index (κ1) is 15.2. The summed E-state index contributed by atoms with van der Waals surface area (Å²) < 4.78 is 18.9. The van der Waals surface area contributed by atoms with Crippen molar-refractivity contribution in [1.29, 1.82) is 5.26 Å². The normalized spacial score (nSPS) is 19.5. The minimum atomic E-state index is -1.12. The molecule has 1 aliphatic rings. The van der Waals surface area contributed by atoms with Crippen LogP contribution in [0.5, 0.6) is 0 Å². The summed E-state index contributed by atoms with van der Waals surface area (Å²) >= 11 is 0. The van der Waals surface area contributed by atoms with E-state index >= 15 is 0 Å². The minimum absolute atomic E-state index is 0.236. The zero-order valence-corrected chi connectivity index (χ0v) is 11.3. The lowest BCUT2D eigenvalue weighted by atomic mass is 10.1. The summed E-state index contributed by atoms with van der Waals surface area (Å²) in [6.45, 7) is 2.27. The molecule has 1 aromatic carbocycles. The zero-order chi connectivity index (χ0) is 15.2. The molecule has 1 aromatic rings. The summed E-state index contributed by atoms with van der Waals surface area (Å²) in [6, 6.07) is 6.66. The van der Waals surface area contributed by atoms with Crippen molar-refractivity contribution in [2.45, 2.75) is 12.6 Å². The molecule has 0 radical (unpaired) electrons. The first-order valence-electron chi connectivity index (χ1n) is 6.51. The number of carboxylic acids is 1. The number of nitriles is 1. The van der Waals surface area contributed by atoms with Gasteiger partial charge in [0.2, 0.25) is 0 Å². The Morgan fingerprint density at radius 1 is 1.62 bits per heavy atom. The predicted octanol–water partition coefficient (Wildman–Crippen LogP) is 1.65. The molecule has 0 aromatic heterocycles. The van der Waals surface area contributed by atoms with Crippen molar-refractivity contribution in [3.8, 4) is 6.07 Å². The highest BCUT2D eigenvalue weighted by molar-refractivity contribution is 5.85. The Balaban J connectivity index is 2.08. The summed E-state index contributed by atoms with van der Waals surface area (Å²) in [5, 5.41) is 17.5. The highest BCUT2D eigenvalue weighted by atomic mass is 19.1. The third-order valence-electron chi connectivity index (χ3n) is 3.17. The third kappa shape index (κ3) is 4.38. The van der Waals surface area contributed by atoms with Crippen LogP contribution in [0.1, 0.15) is 11.1 Å².